The maximum absolute atomic E-state index is 13.3. The Balaban J connectivity index is 1.87. The first-order valence-electron chi connectivity index (χ1n) is 13.2. The summed E-state index contributed by atoms with van der Waals surface area (Å²) < 4.78 is 27.4. The zero-order valence-electron chi connectivity index (χ0n) is 24.3. The highest BCUT2D eigenvalue weighted by Crippen LogP contribution is 2.46. The molecule has 0 fully saturated rings. The van der Waals surface area contributed by atoms with Crippen molar-refractivity contribution in [1.82, 2.24) is 4.98 Å². The van der Waals surface area contributed by atoms with Crippen LogP contribution in [0.15, 0.2) is 58.0 Å². The standard InChI is InChI=1S/C31H34N2O7S/c1-8-39-30(34)25-17(3)32-18(4)26(31(35)40-9-2)27(25)20-12-10-11-13-21(20)29-33-22(16-41-29)19-14-23(36-5)28(38-7)24(15-19)37-6/h10-16,25,27H,8-9H2,1-7H3. The molecule has 216 valence electrons. The smallest absolute Gasteiger partial charge is 0.336 e. The van der Waals surface area contributed by atoms with Gasteiger partial charge in [-0.05, 0) is 45.4 Å². The van der Waals surface area contributed by atoms with E-state index >= 15 is 0 Å². The van der Waals surface area contributed by atoms with Crippen LogP contribution in [0.2, 0.25) is 0 Å². The van der Waals surface area contributed by atoms with Crippen molar-refractivity contribution in [1.29, 1.82) is 0 Å². The molecule has 2 atom stereocenters. The number of carbonyl (C=O) groups excluding carboxylic acids is 2. The minimum Gasteiger partial charge on any atom is -0.493 e. The molecule has 0 saturated heterocycles. The molecule has 1 aliphatic rings. The van der Waals surface area contributed by atoms with Gasteiger partial charge >= 0.3 is 11.9 Å². The van der Waals surface area contributed by atoms with Gasteiger partial charge in [-0.2, -0.15) is 0 Å². The van der Waals surface area contributed by atoms with Crippen LogP contribution in [0.25, 0.3) is 21.8 Å². The Kier molecular flexibility index (Phi) is 9.44. The molecule has 9 nitrogen and oxygen atoms in total. The van der Waals surface area contributed by atoms with E-state index < -0.39 is 23.8 Å². The molecule has 2 heterocycles. The Hall–Kier alpha value is -4.18. The van der Waals surface area contributed by atoms with Gasteiger partial charge in [-0.3, -0.25) is 9.79 Å². The second-order valence-corrected chi connectivity index (χ2v) is 10.1. The van der Waals surface area contributed by atoms with Crippen LogP contribution in [-0.4, -0.2) is 57.2 Å². The highest BCUT2D eigenvalue weighted by atomic mass is 32.1. The minimum atomic E-state index is -0.797. The number of methoxy groups -OCH3 is 3. The summed E-state index contributed by atoms with van der Waals surface area (Å²) in [7, 11) is 4.69. The normalized spacial score (nSPS) is 16.6. The number of hydrogen-bond acceptors (Lipinski definition) is 10. The molecule has 1 aliphatic heterocycles. The van der Waals surface area contributed by atoms with E-state index in [1.54, 1.807) is 49.0 Å². The van der Waals surface area contributed by atoms with E-state index in [1.807, 2.05) is 41.8 Å². The lowest BCUT2D eigenvalue weighted by atomic mass is 9.74. The van der Waals surface area contributed by atoms with E-state index in [9.17, 15) is 9.59 Å². The summed E-state index contributed by atoms with van der Waals surface area (Å²) >= 11 is 1.45. The number of benzene rings is 2. The van der Waals surface area contributed by atoms with Crippen LogP contribution >= 0.6 is 11.3 Å². The van der Waals surface area contributed by atoms with E-state index in [1.165, 1.54) is 11.3 Å². The topological polar surface area (TPSA) is 106 Å². The molecule has 0 N–H and O–H groups in total. The molecule has 0 aliphatic carbocycles. The Labute approximate surface area is 243 Å². The van der Waals surface area contributed by atoms with Crippen molar-refractivity contribution in [2.24, 2.45) is 10.9 Å². The van der Waals surface area contributed by atoms with Crippen LogP contribution < -0.4 is 14.2 Å². The lowest BCUT2D eigenvalue weighted by Gasteiger charge is -2.32. The largest absolute Gasteiger partial charge is 0.493 e. The number of aromatic nitrogens is 1. The first-order chi connectivity index (χ1) is 19.8. The van der Waals surface area contributed by atoms with E-state index in [2.05, 4.69) is 4.99 Å². The molecule has 2 unspecified atom stereocenters. The molecule has 4 rings (SSSR count). The zero-order chi connectivity index (χ0) is 29.7. The van der Waals surface area contributed by atoms with Gasteiger partial charge in [0.1, 0.15) is 10.9 Å². The van der Waals surface area contributed by atoms with Crippen LogP contribution in [0.1, 0.15) is 39.2 Å². The van der Waals surface area contributed by atoms with Crippen molar-refractivity contribution >= 4 is 29.0 Å². The average molecular weight is 579 g/mol. The maximum Gasteiger partial charge on any atom is 0.336 e. The molecule has 2 aromatic carbocycles. The van der Waals surface area contributed by atoms with Crippen molar-refractivity contribution in [3.05, 3.63) is 58.6 Å². The van der Waals surface area contributed by atoms with Gasteiger partial charge in [0.15, 0.2) is 11.5 Å². The molecular weight excluding hydrogens is 544 g/mol. The van der Waals surface area contributed by atoms with Gasteiger partial charge in [0, 0.05) is 33.8 Å². The SMILES string of the molecule is CCOC(=O)C1=C(C)N=C(C)C(C(=O)OCC)C1c1ccccc1-c1nc(-c2cc(OC)c(OC)c(OC)c2)cs1. The zero-order valence-corrected chi connectivity index (χ0v) is 25.1. The summed E-state index contributed by atoms with van der Waals surface area (Å²) in [5.74, 6) is -0.888. The number of esters is 2. The Morgan fingerprint density at radius 1 is 0.927 bits per heavy atom. The molecule has 0 bridgehead atoms. The fraction of sp³-hybridized carbons (Fsp3) is 0.355. The Bertz CT molecular complexity index is 1480. The molecule has 0 spiro atoms. The van der Waals surface area contributed by atoms with Gasteiger partial charge < -0.3 is 23.7 Å². The predicted octanol–water partition coefficient (Wildman–Crippen LogP) is 6.08. The summed E-state index contributed by atoms with van der Waals surface area (Å²) in [5, 5.41) is 2.66. The quantitative estimate of drug-likeness (QED) is 0.267. The molecule has 41 heavy (non-hydrogen) atoms. The van der Waals surface area contributed by atoms with Crippen LogP contribution in [0.4, 0.5) is 0 Å². The molecule has 3 aromatic rings. The third kappa shape index (κ3) is 5.83. The Morgan fingerprint density at radius 2 is 1.59 bits per heavy atom. The maximum atomic E-state index is 13.3. The summed E-state index contributed by atoms with van der Waals surface area (Å²) in [6.07, 6.45) is 0. The van der Waals surface area contributed by atoms with Gasteiger partial charge in [0.2, 0.25) is 5.75 Å². The van der Waals surface area contributed by atoms with E-state index in [0.717, 1.165) is 16.7 Å². The molecule has 0 saturated carbocycles. The van der Waals surface area contributed by atoms with Gasteiger partial charge in [0.25, 0.3) is 0 Å². The van der Waals surface area contributed by atoms with Crippen molar-refractivity contribution in [2.45, 2.75) is 33.6 Å². The van der Waals surface area contributed by atoms with Crippen molar-refractivity contribution in [3.63, 3.8) is 0 Å². The van der Waals surface area contributed by atoms with E-state index in [-0.39, 0.29) is 13.2 Å². The lowest BCUT2D eigenvalue weighted by Crippen LogP contribution is -2.36. The molecule has 1 aromatic heterocycles. The molecule has 10 heteroatoms. The number of allylic oxidation sites excluding steroid dienone is 1. The highest BCUT2D eigenvalue weighted by Gasteiger charge is 2.43. The summed E-state index contributed by atoms with van der Waals surface area (Å²) in [4.78, 5) is 36.1. The van der Waals surface area contributed by atoms with Gasteiger partial charge in [-0.1, -0.05) is 24.3 Å². The monoisotopic (exact) mass is 578 g/mol. The number of ether oxygens (including phenoxy) is 5. The average Bonchev–Trinajstić information content (AvgIpc) is 3.46. The second kappa shape index (κ2) is 13.0. The minimum absolute atomic E-state index is 0.196. The van der Waals surface area contributed by atoms with Gasteiger partial charge in [-0.25, -0.2) is 9.78 Å². The number of nitrogens with zero attached hydrogens (tertiary/aromatic N) is 2. The van der Waals surface area contributed by atoms with Crippen LogP contribution in [0.5, 0.6) is 17.2 Å². The Morgan fingerprint density at radius 3 is 2.20 bits per heavy atom. The molecule has 0 amide bonds. The lowest BCUT2D eigenvalue weighted by molar-refractivity contribution is -0.146. The number of hydrogen-bond donors (Lipinski definition) is 0. The fourth-order valence-corrected chi connectivity index (χ4v) is 5.98. The number of aliphatic imine (C=N–C) groups is 1. The first-order valence-corrected chi connectivity index (χ1v) is 14.1. The van der Waals surface area contributed by atoms with E-state index in [4.69, 9.17) is 28.7 Å². The van der Waals surface area contributed by atoms with Crippen LogP contribution in [0.3, 0.4) is 0 Å². The summed E-state index contributed by atoms with van der Waals surface area (Å²) in [6, 6.07) is 11.3. The fourth-order valence-electron chi connectivity index (χ4n) is 5.11. The van der Waals surface area contributed by atoms with Gasteiger partial charge in [0.05, 0.1) is 45.8 Å². The second-order valence-electron chi connectivity index (χ2n) is 9.22. The first kappa shape index (κ1) is 29.8. The number of carbonyl (C=O) groups is 2. The van der Waals surface area contributed by atoms with Crippen LogP contribution in [0, 0.1) is 5.92 Å². The summed E-state index contributed by atoms with van der Waals surface area (Å²) in [5.41, 5.74) is 4.47. The van der Waals surface area contributed by atoms with Crippen LogP contribution in [-0.2, 0) is 19.1 Å². The molecule has 0 radical (unpaired) electrons. The van der Waals surface area contributed by atoms with E-state index in [0.29, 0.717) is 44.9 Å². The highest BCUT2D eigenvalue weighted by molar-refractivity contribution is 7.13. The summed E-state index contributed by atoms with van der Waals surface area (Å²) in [6.45, 7) is 7.45. The van der Waals surface area contributed by atoms with Gasteiger partial charge in [-0.15, -0.1) is 11.3 Å². The van der Waals surface area contributed by atoms with Crippen molar-refractivity contribution in [3.8, 4) is 39.1 Å². The van der Waals surface area contributed by atoms with Crippen molar-refractivity contribution < 1.29 is 33.3 Å². The predicted molar refractivity (Wildman–Crippen MR) is 158 cm³/mol. The van der Waals surface area contributed by atoms with Crippen molar-refractivity contribution in [2.75, 3.05) is 34.5 Å². The number of thiazole rings is 1. The number of rotatable bonds is 10. The molecular formula is C31H34N2O7S. The third-order valence-electron chi connectivity index (χ3n) is 6.86. The third-order valence-corrected chi connectivity index (χ3v) is 7.73.